The molecule has 4 saturated carbocycles. The number of nitrogens with zero attached hydrogens (tertiary/aromatic N) is 13. The lowest BCUT2D eigenvalue weighted by Gasteiger charge is -2.10. The lowest BCUT2D eigenvalue weighted by atomic mass is 9.84. The molecule has 588 valence electrons. The number of hydrogen-bond acceptors (Lipinski definition) is 15. The summed E-state index contributed by atoms with van der Waals surface area (Å²) in [4.78, 5) is 58.0. The van der Waals surface area contributed by atoms with E-state index in [9.17, 15) is 67.1 Å². The number of amides is 2. The van der Waals surface area contributed by atoms with Gasteiger partial charge >= 0.3 is 31.8 Å². The highest BCUT2D eigenvalue weighted by atomic mass is 79.9. The number of aromatic nitrogens is 14. The van der Waals surface area contributed by atoms with Crippen LogP contribution in [0.1, 0.15) is 152 Å². The van der Waals surface area contributed by atoms with E-state index in [2.05, 4.69) is 71.8 Å². The van der Waals surface area contributed by atoms with Crippen molar-refractivity contribution in [2.24, 2.45) is 0 Å². The number of nitrogen functional groups attached to an aromatic ring is 2. The molecular weight excluding hydrogens is 1660 g/mol. The average molecular weight is 1720 g/mol. The van der Waals surface area contributed by atoms with Crippen molar-refractivity contribution in [3.8, 4) is 0 Å². The second kappa shape index (κ2) is 36.1. The standard InChI is InChI=1S/C24H19ClF3N7O.C12H10ClF3N2.C12H10ClN5O.C9H9F3N2.C6H4BrF3N2.C3H7BO2.C3H4Cl2O/c25-17-3-4-33-13-30-20(21(33)6-17)8-29-23(36)16-7-31-35(10-16)12-18-11-34-9-15(14-1-2-14)5-19(22(34)32-18)24(26,27)28;13-4-9-6-18-5-8(7-1-2-7)3-10(11(18)17-9)12(14,15)16;13-9-1-2-18-7-15-10(11(18)3-9)6-14-12(19)8-4-16-17-5-8;10-9(11,12)7-3-6(5-1-2-5)4-14-8(7)13;7-3-1-4(6(8,9)10)5(11)12-2-3;5-4(6)3-1-2-3;4-1-3(6)2-5/h3-7,9-11,13-14H,1-2,8,12H2,(H,29,36);3,5-7H,1-2,4H2;1-5,7H,6H2,(H,14,19)(H,16,17);3-5H,1-2H2,(H2,13,14);1-2H,(H2,11,12);3,5-6H,1-2H2;1-2H2. The summed E-state index contributed by atoms with van der Waals surface area (Å²) >= 11 is 30.5. The summed E-state index contributed by atoms with van der Waals surface area (Å²) in [6.07, 6.45) is 12.0. The Bertz CT molecular complexity index is 5230. The number of alkyl halides is 15. The summed E-state index contributed by atoms with van der Waals surface area (Å²) in [5, 5.41) is 33.8. The Morgan fingerprint density at radius 2 is 1.00 bits per heavy atom. The van der Waals surface area contributed by atoms with Gasteiger partial charge in [0.25, 0.3) is 11.8 Å². The fourth-order valence-electron chi connectivity index (χ4n) is 10.6. The van der Waals surface area contributed by atoms with Gasteiger partial charge < -0.3 is 49.8 Å². The van der Waals surface area contributed by atoms with E-state index in [1.54, 1.807) is 66.2 Å². The van der Waals surface area contributed by atoms with E-state index < -0.39 is 65.7 Å². The molecule has 9 N–H and O–H groups in total. The third kappa shape index (κ3) is 23.4. The van der Waals surface area contributed by atoms with E-state index in [0.29, 0.717) is 55.9 Å². The van der Waals surface area contributed by atoms with Crippen LogP contribution in [-0.4, -0.2) is 114 Å². The zero-order valence-electron chi connectivity index (χ0n) is 57.4. The Labute approximate surface area is 655 Å². The molecule has 0 unspecified atom stereocenters. The van der Waals surface area contributed by atoms with Crippen molar-refractivity contribution in [2.45, 2.75) is 125 Å². The number of aromatic amines is 1. The zero-order valence-corrected chi connectivity index (χ0v) is 62.7. The first-order chi connectivity index (χ1) is 52.5. The molecule has 4 fully saturated rings. The smallest absolute Gasteiger partial charge is 0.427 e. The molecule has 16 rings (SSSR count). The second-order valence-corrected chi connectivity index (χ2v) is 28.1. The summed E-state index contributed by atoms with van der Waals surface area (Å²) in [5.41, 5.74) is 13.6. The number of hydrogen-bond donors (Lipinski definition) is 7. The van der Waals surface area contributed by atoms with E-state index >= 15 is 0 Å². The van der Waals surface area contributed by atoms with E-state index in [0.717, 1.165) is 85.8 Å². The predicted octanol–water partition coefficient (Wildman–Crippen LogP) is 16.0. The fraction of sp³-hybridized carbons (Fsp3) is 0.319. The molecule has 0 aromatic carbocycles. The molecule has 23 nitrogen and oxygen atoms in total. The fourth-order valence-corrected chi connectivity index (χ4v) is 11.7. The monoisotopic (exact) mass is 1720 g/mol. The van der Waals surface area contributed by atoms with Gasteiger partial charge in [-0.15, -0.1) is 34.8 Å². The van der Waals surface area contributed by atoms with Crippen LogP contribution < -0.4 is 22.1 Å². The lowest BCUT2D eigenvalue weighted by Crippen LogP contribution is -2.22. The topological polar surface area (TPSA) is 309 Å². The van der Waals surface area contributed by atoms with Crippen LogP contribution in [0.4, 0.5) is 64.3 Å². The largest absolute Gasteiger partial charge is 0.454 e. The van der Waals surface area contributed by atoms with Crippen LogP contribution in [0.3, 0.4) is 0 Å². The van der Waals surface area contributed by atoms with Crippen molar-refractivity contribution >= 4 is 133 Å². The summed E-state index contributed by atoms with van der Waals surface area (Å²) in [5.74, 6) is -0.557. The second-order valence-electron chi connectivity index (χ2n) is 25.5. The van der Waals surface area contributed by atoms with E-state index in [1.165, 1.54) is 62.8 Å². The molecule has 0 spiro atoms. The van der Waals surface area contributed by atoms with Crippen LogP contribution >= 0.6 is 73.9 Å². The molecule has 0 bridgehead atoms. The van der Waals surface area contributed by atoms with Gasteiger partial charge in [0.1, 0.15) is 22.9 Å². The first kappa shape index (κ1) is 84.2. The minimum absolute atomic E-state index is 0.0312. The average Bonchev–Trinajstić information content (AvgIpc) is 1.62. The Morgan fingerprint density at radius 1 is 0.550 bits per heavy atom. The molecule has 12 aromatic heterocycles. The number of carbonyl (C=O) groups is 3. The van der Waals surface area contributed by atoms with Crippen LogP contribution in [0.15, 0.2) is 140 Å². The number of nitrogens with one attached hydrogen (secondary N) is 3. The number of ketones is 1. The summed E-state index contributed by atoms with van der Waals surface area (Å²) in [7, 11) is -1.04. The molecule has 0 saturated heterocycles. The number of fused-ring (bicyclic) bond motifs is 4. The Balaban J connectivity index is 0.000000150. The maximum absolute atomic E-state index is 13.7. The van der Waals surface area contributed by atoms with Crippen LogP contribution in [0, 0.1) is 0 Å². The van der Waals surface area contributed by atoms with Crippen molar-refractivity contribution in [1.82, 2.24) is 78.1 Å². The van der Waals surface area contributed by atoms with Crippen LogP contribution in [0.25, 0.3) is 22.3 Å². The van der Waals surface area contributed by atoms with Crippen molar-refractivity contribution in [3.63, 3.8) is 0 Å². The maximum Gasteiger partial charge on any atom is 0.454 e. The maximum atomic E-state index is 13.7. The summed E-state index contributed by atoms with van der Waals surface area (Å²) in [6, 6.07) is 11.5. The first-order valence-corrected chi connectivity index (χ1v) is 36.5. The molecule has 0 aliphatic heterocycles. The quantitative estimate of drug-likeness (QED) is 0.0285. The van der Waals surface area contributed by atoms with Crippen LogP contribution in [0.5, 0.6) is 0 Å². The number of anilines is 2. The predicted molar refractivity (Wildman–Crippen MR) is 393 cm³/mol. The Hall–Kier alpha value is -9.24. The molecule has 111 heavy (non-hydrogen) atoms. The number of carbonyl (C=O) groups excluding carboxylic acids is 3. The number of nitrogens with two attached hydrogens (primary N) is 2. The molecule has 2 amide bonds. The van der Waals surface area contributed by atoms with Gasteiger partial charge in [-0.25, -0.2) is 29.9 Å². The van der Waals surface area contributed by atoms with Crippen molar-refractivity contribution < 1.29 is 77.1 Å². The molecular formula is C69H63BBrCl5F12N18O5. The normalized spacial score (nSPS) is 14.1. The highest BCUT2D eigenvalue weighted by Gasteiger charge is 2.40. The Morgan fingerprint density at radius 3 is 1.41 bits per heavy atom. The highest BCUT2D eigenvalue weighted by molar-refractivity contribution is 9.10. The zero-order chi connectivity index (χ0) is 80.4. The minimum atomic E-state index is -4.50. The minimum Gasteiger partial charge on any atom is -0.427 e. The van der Waals surface area contributed by atoms with Gasteiger partial charge in [-0.1, -0.05) is 36.0 Å². The number of halogens is 18. The van der Waals surface area contributed by atoms with Gasteiger partial charge in [0.2, 0.25) is 0 Å². The number of pyridine rings is 6. The van der Waals surface area contributed by atoms with E-state index in [-0.39, 0.29) is 87.7 Å². The third-order valence-electron chi connectivity index (χ3n) is 16.9. The van der Waals surface area contributed by atoms with Crippen molar-refractivity contribution in [1.29, 1.82) is 0 Å². The van der Waals surface area contributed by atoms with Crippen LogP contribution in [-0.2, 0) is 55.0 Å². The molecule has 0 atom stereocenters. The number of Topliss-reactive ketones (excluding diaryl/α,β-unsaturated/α-hetero) is 1. The SMILES string of the molecule is FC(F)(F)c1cc(C2CC2)cn2cc(CCl)nc12.Nc1ncc(Br)cc1C(F)(F)F.Nc1ncc(C2CC2)cc1C(F)(F)F.O=C(CCl)CCl.O=C(NCc1ncn2ccc(Cl)cc12)c1cn[nH]c1.O=C(NCc1ncn2ccc(Cl)cc12)c1cnn(Cc2cn3cc(C4CC4)cc(C(F)(F)F)c3n2)c1.OB(O)C1CC1. The van der Waals surface area contributed by atoms with E-state index in [1.807, 2.05) is 16.7 Å². The van der Waals surface area contributed by atoms with Crippen molar-refractivity contribution in [2.75, 3.05) is 23.2 Å². The molecule has 12 heterocycles. The molecule has 4 aliphatic carbocycles. The van der Waals surface area contributed by atoms with E-state index in [4.69, 9.17) is 79.5 Å². The molecule has 42 heteroatoms. The Kier molecular flexibility index (Phi) is 27.4. The van der Waals surface area contributed by atoms with Gasteiger partial charge in [-0.2, -0.15) is 62.9 Å². The van der Waals surface area contributed by atoms with Gasteiger partial charge in [0.15, 0.2) is 5.78 Å². The number of H-pyrrole nitrogens is 1. The highest BCUT2D eigenvalue weighted by Crippen LogP contribution is 2.46. The lowest BCUT2D eigenvalue weighted by molar-refractivity contribution is -0.138. The first-order valence-electron chi connectivity index (χ1n) is 33.3. The molecule has 4 aliphatic rings. The van der Waals surface area contributed by atoms with Gasteiger partial charge in [-0.3, -0.25) is 24.2 Å². The van der Waals surface area contributed by atoms with Gasteiger partial charge in [-0.05, 0) is 143 Å². The number of rotatable bonds is 15. The molecule has 12 aromatic rings. The molecule has 0 radical (unpaired) electrons. The number of imidazole rings is 4. The summed E-state index contributed by atoms with van der Waals surface area (Å²) in [6.45, 7) is 0.646. The van der Waals surface area contributed by atoms with Crippen LogP contribution in [0.2, 0.25) is 15.9 Å². The van der Waals surface area contributed by atoms with Gasteiger partial charge in [0.05, 0.1) is 130 Å². The third-order valence-corrected chi connectivity index (χ3v) is 18.7. The van der Waals surface area contributed by atoms with Gasteiger partial charge in [0, 0.05) is 76.5 Å². The van der Waals surface area contributed by atoms with Crippen molar-refractivity contribution in [3.05, 3.63) is 223 Å². The summed E-state index contributed by atoms with van der Waals surface area (Å²) < 4.78 is 162.